The molecule has 1 fully saturated rings. The fourth-order valence-corrected chi connectivity index (χ4v) is 2.54. The molecule has 2 rings (SSSR count). The van der Waals surface area contributed by atoms with Gasteiger partial charge in [0.2, 0.25) is 11.8 Å². The second-order valence-corrected chi connectivity index (χ2v) is 5.68. The van der Waals surface area contributed by atoms with Crippen LogP contribution in [0, 0.1) is 5.92 Å². The summed E-state index contributed by atoms with van der Waals surface area (Å²) in [5.74, 6) is 0.0612. The molecule has 0 aromatic heterocycles. The summed E-state index contributed by atoms with van der Waals surface area (Å²) in [6.45, 7) is 2.06. The van der Waals surface area contributed by atoms with E-state index >= 15 is 0 Å². The number of carbonyl (C=O) groups excluding carboxylic acids is 2. The van der Waals surface area contributed by atoms with E-state index in [0.29, 0.717) is 6.54 Å². The molecule has 1 aromatic rings. The van der Waals surface area contributed by atoms with Crippen LogP contribution in [-0.4, -0.2) is 17.9 Å². The zero-order chi connectivity index (χ0) is 15.2. The maximum absolute atomic E-state index is 12.1. The summed E-state index contributed by atoms with van der Waals surface area (Å²) in [5.41, 5.74) is 7.21. The molecule has 4 N–H and O–H groups in total. The van der Waals surface area contributed by atoms with Crippen molar-refractivity contribution in [2.24, 2.45) is 11.7 Å². The summed E-state index contributed by atoms with van der Waals surface area (Å²) in [6.07, 6.45) is 4.24. The van der Waals surface area contributed by atoms with Crippen LogP contribution in [0.25, 0.3) is 0 Å². The molecule has 1 aliphatic carbocycles. The lowest BCUT2D eigenvalue weighted by Crippen LogP contribution is -2.37. The first-order valence-electron chi connectivity index (χ1n) is 7.49. The smallest absolute Gasteiger partial charge is 0.236 e. The van der Waals surface area contributed by atoms with E-state index in [4.69, 9.17) is 5.73 Å². The highest BCUT2D eigenvalue weighted by Gasteiger charge is 2.22. The van der Waals surface area contributed by atoms with Crippen LogP contribution in [0.4, 0.5) is 5.69 Å². The SMILES string of the molecule is C[C@H](N)C(=O)NCc1cccc(NC(=O)C2CCCC2)c1.Cl. The average molecular weight is 326 g/mol. The second-order valence-electron chi connectivity index (χ2n) is 5.68. The second kappa shape index (κ2) is 8.76. The van der Waals surface area contributed by atoms with Crippen molar-refractivity contribution in [3.05, 3.63) is 29.8 Å². The van der Waals surface area contributed by atoms with Gasteiger partial charge in [-0.25, -0.2) is 0 Å². The molecule has 122 valence electrons. The van der Waals surface area contributed by atoms with Crippen molar-refractivity contribution in [3.63, 3.8) is 0 Å². The highest BCUT2D eigenvalue weighted by atomic mass is 35.5. The van der Waals surface area contributed by atoms with Crippen molar-refractivity contribution in [2.45, 2.75) is 45.2 Å². The number of halogens is 1. The van der Waals surface area contributed by atoms with E-state index < -0.39 is 6.04 Å². The monoisotopic (exact) mass is 325 g/mol. The summed E-state index contributed by atoms with van der Waals surface area (Å²) in [7, 11) is 0. The van der Waals surface area contributed by atoms with Crippen LogP contribution >= 0.6 is 12.4 Å². The number of anilines is 1. The number of carbonyl (C=O) groups is 2. The van der Waals surface area contributed by atoms with Gasteiger partial charge in [-0.15, -0.1) is 12.4 Å². The maximum Gasteiger partial charge on any atom is 0.236 e. The molecule has 1 aliphatic rings. The zero-order valence-corrected chi connectivity index (χ0v) is 13.6. The number of nitrogens with two attached hydrogens (primary N) is 1. The lowest BCUT2D eigenvalue weighted by atomic mass is 10.1. The molecule has 0 bridgehead atoms. The first kappa shape index (κ1) is 18.5. The summed E-state index contributed by atoms with van der Waals surface area (Å²) >= 11 is 0. The first-order valence-corrected chi connectivity index (χ1v) is 7.49. The molecular weight excluding hydrogens is 302 g/mol. The van der Waals surface area contributed by atoms with E-state index in [-0.39, 0.29) is 30.1 Å². The standard InChI is InChI=1S/C16H23N3O2.ClH/c1-11(17)15(20)18-10-12-5-4-8-14(9-12)19-16(21)13-6-2-3-7-13;/h4-5,8-9,11,13H,2-3,6-7,10,17H2,1H3,(H,18,20)(H,19,21);1H/t11-;/m0./s1. The molecule has 1 atom stereocenters. The number of hydrogen-bond donors (Lipinski definition) is 3. The zero-order valence-electron chi connectivity index (χ0n) is 12.8. The molecule has 2 amide bonds. The minimum absolute atomic E-state index is 0. The van der Waals surface area contributed by atoms with Gasteiger partial charge in [-0.1, -0.05) is 25.0 Å². The number of benzene rings is 1. The molecule has 0 saturated heterocycles. The molecule has 6 heteroatoms. The van der Waals surface area contributed by atoms with Gasteiger partial charge in [0.05, 0.1) is 6.04 Å². The van der Waals surface area contributed by atoms with Crippen LogP contribution in [0.15, 0.2) is 24.3 Å². The maximum atomic E-state index is 12.1. The van der Waals surface area contributed by atoms with Crippen LogP contribution in [0.3, 0.4) is 0 Å². The van der Waals surface area contributed by atoms with E-state index in [1.54, 1.807) is 6.92 Å². The van der Waals surface area contributed by atoms with E-state index in [0.717, 1.165) is 36.9 Å². The quantitative estimate of drug-likeness (QED) is 0.776. The van der Waals surface area contributed by atoms with Gasteiger partial charge in [-0.2, -0.15) is 0 Å². The number of amides is 2. The Morgan fingerprint density at radius 1 is 1.32 bits per heavy atom. The van der Waals surface area contributed by atoms with Gasteiger partial charge in [-0.05, 0) is 37.5 Å². The lowest BCUT2D eigenvalue weighted by molar-refractivity contribution is -0.122. The van der Waals surface area contributed by atoms with E-state index in [1.807, 2.05) is 24.3 Å². The van der Waals surface area contributed by atoms with Gasteiger partial charge < -0.3 is 16.4 Å². The van der Waals surface area contributed by atoms with Crippen LogP contribution in [-0.2, 0) is 16.1 Å². The van der Waals surface area contributed by atoms with Gasteiger partial charge in [0.15, 0.2) is 0 Å². The average Bonchev–Trinajstić information content (AvgIpc) is 2.99. The van der Waals surface area contributed by atoms with E-state index in [1.165, 1.54) is 0 Å². The minimum atomic E-state index is -0.518. The molecule has 0 radical (unpaired) electrons. The van der Waals surface area contributed by atoms with Crippen molar-refractivity contribution in [1.29, 1.82) is 0 Å². The fourth-order valence-electron chi connectivity index (χ4n) is 2.54. The summed E-state index contributed by atoms with van der Waals surface area (Å²) < 4.78 is 0. The third-order valence-corrected chi connectivity index (χ3v) is 3.80. The Bertz CT molecular complexity index is 514. The highest BCUT2D eigenvalue weighted by Crippen LogP contribution is 2.26. The molecule has 0 aliphatic heterocycles. The van der Waals surface area contributed by atoms with Gasteiger partial charge in [0.25, 0.3) is 0 Å². The van der Waals surface area contributed by atoms with E-state index in [2.05, 4.69) is 10.6 Å². The fraction of sp³-hybridized carbons (Fsp3) is 0.500. The number of rotatable bonds is 5. The summed E-state index contributed by atoms with van der Waals surface area (Å²) in [4.78, 5) is 23.5. The van der Waals surface area contributed by atoms with Crippen molar-refractivity contribution in [2.75, 3.05) is 5.32 Å². The van der Waals surface area contributed by atoms with Crippen molar-refractivity contribution >= 4 is 29.9 Å². The van der Waals surface area contributed by atoms with Crippen LogP contribution in [0.1, 0.15) is 38.2 Å². The van der Waals surface area contributed by atoms with Gasteiger partial charge in [0.1, 0.15) is 0 Å². The Morgan fingerprint density at radius 3 is 2.64 bits per heavy atom. The lowest BCUT2D eigenvalue weighted by Gasteiger charge is -2.12. The molecular formula is C16H24ClN3O2. The Labute approximate surface area is 137 Å². The molecule has 1 aromatic carbocycles. The molecule has 22 heavy (non-hydrogen) atoms. The van der Waals surface area contributed by atoms with Gasteiger partial charge >= 0.3 is 0 Å². The first-order chi connectivity index (χ1) is 10.1. The van der Waals surface area contributed by atoms with Crippen molar-refractivity contribution in [1.82, 2.24) is 5.32 Å². The van der Waals surface area contributed by atoms with Crippen molar-refractivity contribution in [3.8, 4) is 0 Å². The van der Waals surface area contributed by atoms with Crippen LogP contribution in [0.2, 0.25) is 0 Å². The molecule has 0 spiro atoms. The summed E-state index contributed by atoms with van der Waals surface area (Å²) in [6, 6.07) is 7.01. The van der Waals surface area contributed by atoms with Crippen LogP contribution < -0.4 is 16.4 Å². The Hall–Kier alpha value is -1.59. The highest BCUT2D eigenvalue weighted by molar-refractivity contribution is 5.92. The molecule has 0 heterocycles. The normalized spacial score (nSPS) is 15.7. The van der Waals surface area contributed by atoms with Gasteiger partial charge in [0, 0.05) is 18.2 Å². The van der Waals surface area contributed by atoms with Gasteiger partial charge in [-0.3, -0.25) is 9.59 Å². The molecule has 1 saturated carbocycles. The minimum Gasteiger partial charge on any atom is -0.351 e. The van der Waals surface area contributed by atoms with Crippen molar-refractivity contribution < 1.29 is 9.59 Å². The Morgan fingerprint density at radius 2 is 2.00 bits per heavy atom. The Balaban J connectivity index is 0.00000242. The molecule has 0 unspecified atom stereocenters. The predicted octanol–water partition coefficient (Wildman–Crippen LogP) is 2.20. The number of nitrogens with one attached hydrogen (secondary N) is 2. The molecule has 5 nitrogen and oxygen atoms in total. The summed E-state index contributed by atoms with van der Waals surface area (Å²) in [5, 5.41) is 5.72. The number of hydrogen-bond acceptors (Lipinski definition) is 3. The third-order valence-electron chi connectivity index (χ3n) is 3.80. The Kier molecular flexibility index (Phi) is 7.35. The van der Waals surface area contributed by atoms with Crippen LogP contribution in [0.5, 0.6) is 0 Å². The largest absolute Gasteiger partial charge is 0.351 e. The predicted molar refractivity (Wildman–Crippen MR) is 89.8 cm³/mol. The van der Waals surface area contributed by atoms with E-state index in [9.17, 15) is 9.59 Å². The third kappa shape index (κ3) is 5.31. The topological polar surface area (TPSA) is 84.2 Å².